The molecule has 0 spiro atoms. The summed E-state index contributed by atoms with van der Waals surface area (Å²) in [5.74, 6) is 0.129. The molecule has 6 nitrogen and oxygen atoms in total. The van der Waals surface area contributed by atoms with E-state index in [0.717, 1.165) is 18.5 Å². The lowest BCUT2D eigenvalue weighted by molar-refractivity contribution is 0.0625. The van der Waals surface area contributed by atoms with Crippen molar-refractivity contribution in [2.75, 3.05) is 25.4 Å². The molecule has 1 saturated heterocycles. The van der Waals surface area contributed by atoms with Crippen LogP contribution < -0.4 is 10.5 Å². The maximum absolute atomic E-state index is 13.7. The van der Waals surface area contributed by atoms with E-state index in [1.807, 2.05) is 13.8 Å². The van der Waals surface area contributed by atoms with Gasteiger partial charge in [-0.25, -0.2) is 14.4 Å². The molecule has 0 unspecified atom stereocenters. The number of nitrogens with zero attached hydrogens (tertiary/aromatic N) is 3. The Morgan fingerprint density at radius 2 is 2.15 bits per heavy atom. The summed E-state index contributed by atoms with van der Waals surface area (Å²) < 4.78 is 19.3. The Bertz CT molecular complexity index is 812. The van der Waals surface area contributed by atoms with Crippen LogP contribution in [0.5, 0.6) is 5.75 Å². The Morgan fingerprint density at radius 3 is 2.89 bits per heavy atom. The lowest BCUT2D eigenvalue weighted by Gasteiger charge is -2.32. The molecule has 0 bridgehead atoms. The molecule has 3 rings (SSSR count). The van der Waals surface area contributed by atoms with Crippen LogP contribution in [-0.2, 0) is 0 Å². The number of carbonyl (C=O) groups excluding carboxylic acids is 1. The number of carbonyl (C=O) groups is 1. The molecule has 1 amide bonds. The number of rotatable bonds is 5. The number of hydrogen-bond donors (Lipinski definition) is 1. The molecule has 27 heavy (non-hydrogen) atoms. The second kappa shape index (κ2) is 8.33. The minimum atomic E-state index is -0.376. The van der Waals surface area contributed by atoms with Crippen molar-refractivity contribution in [3.8, 4) is 5.75 Å². The van der Waals surface area contributed by atoms with Gasteiger partial charge in [-0.1, -0.05) is 26.0 Å². The van der Waals surface area contributed by atoms with Gasteiger partial charge in [0.1, 0.15) is 5.69 Å². The summed E-state index contributed by atoms with van der Waals surface area (Å²) in [5.41, 5.74) is 6.84. The molecule has 144 valence electrons. The van der Waals surface area contributed by atoms with Gasteiger partial charge >= 0.3 is 0 Å². The molecule has 0 radical (unpaired) electrons. The van der Waals surface area contributed by atoms with Gasteiger partial charge in [0.25, 0.3) is 5.91 Å². The second-order valence-electron chi connectivity index (χ2n) is 7.19. The Balaban J connectivity index is 1.65. The number of amides is 1. The van der Waals surface area contributed by atoms with Gasteiger partial charge < -0.3 is 15.4 Å². The Kier molecular flexibility index (Phi) is 5.88. The molecule has 1 aliphatic heterocycles. The van der Waals surface area contributed by atoms with E-state index in [4.69, 9.17) is 10.5 Å². The number of benzene rings is 1. The Hall–Kier alpha value is -2.70. The average molecular weight is 372 g/mol. The monoisotopic (exact) mass is 372 g/mol. The van der Waals surface area contributed by atoms with Crippen molar-refractivity contribution in [2.45, 2.75) is 32.6 Å². The first kappa shape index (κ1) is 19.1. The van der Waals surface area contributed by atoms with Crippen LogP contribution >= 0.6 is 0 Å². The van der Waals surface area contributed by atoms with Crippen LogP contribution in [0.3, 0.4) is 0 Å². The van der Waals surface area contributed by atoms with Crippen LogP contribution in [-0.4, -0.2) is 40.5 Å². The number of hydrogen-bond acceptors (Lipinski definition) is 5. The lowest BCUT2D eigenvalue weighted by Crippen LogP contribution is -2.42. The number of piperidine rings is 1. The zero-order valence-corrected chi connectivity index (χ0v) is 15.7. The van der Waals surface area contributed by atoms with Crippen LogP contribution in [0, 0.1) is 11.7 Å². The number of anilines is 1. The molecule has 0 aliphatic carbocycles. The highest BCUT2D eigenvalue weighted by atomic mass is 19.1. The third-order valence-electron chi connectivity index (χ3n) is 4.69. The number of halogens is 1. The van der Waals surface area contributed by atoms with Crippen LogP contribution in [0.15, 0.2) is 30.3 Å². The van der Waals surface area contributed by atoms with E-state index in [9.17, 15) is 9.18 Å². The minimum absolute atomic E-state index is 0.112. The van der Waals surface area contributed by atoms with E-state index >= 15 is 0 Å². The molecule has 2 heterocycles. The average Bonchev–Trinajstić information content (AvgIpc) is 2.66. The predicted octanol–water partition coefficient (Wildman–Crippen LogP) is 3.25. The number of nitrogens with two attached hydrogens (primary N) is 1. The molecule has 1 fully saturated rings. The summed E-state index contributed by atoms with van der Waals surface area (Å²) in [6.07, 6.45) is 1.80. The number of para-hydroxylation sites is 1. The first-order valence-electron chi connectivity index (χ1n) is 9.25. The number of nitrogen functional groups attached to an aromatic ring is 1. The first-order valence-corrected chi connectivity index (χ1v) is 9.25. The van der Waals surface area contributed by atoms with Gasteiger partial charge in [0.05, 0.1) is 6.61 Å². The molecule has 1 aromatic carbocycles. The Labute approximate surface area is 158 Å². The summed E-state index contributed by atoms with van der Waals surface area (Å²) >= 11 is 0. The molecule has 1 atom stereocenters. The quantitative estimate of drug-likeness (QED) is 0.871. The molecule has 2 N–H and O–H groups in total. The summed E-state index contributed by atoms with van der Waals surface area (Å²) in [6, 6.07) is 8.06. The van der Waals surface area contributed by atoms with Crippen LogP contribution in [0.4, 0.5) is 10.3 Å². The van der Waals surface area contributed by atoms with Gasteiger partial charge in [-0.15, -0.1) is 0 Å². The van der Waals surface area contributed by atoms with Gasteiger partial charge in [0.15, 0.2) is 11.6 Å². The van der Waals surface area contributed by atoms with Crippen molar-refractivity contribution in [2.24, 2.45) is 5.92 Å². The molecule has 2 aromatic rings. The lowest BCUT2D eigenvalue weighted by atomic mass is 9.98. The van der Waals surface area contributed by atoms with E-state index in [-0.39, 0.29) is 35.3 Å². The van der Waals surface area contributed by atoms with Crippen molar-refractivity contribution in [1.29, 1.82) is 0 Å². The van der Waals surface area contributed by atoms with E-state index < -0.39 is 0 Å². The first-order chi connectivity index (χ1) is 12.9. The minimum Gasteiger partial charge on any atom is -0.490 e. The largest absolute Gasteiger partial charge is 0.490 e. The predicted molar refractivity (Wildman–Crippen MR) is 101 cm³/mol. The van der Waals surface area contributed by atoms with E-state index in [0.29, 0.717) is 25.4 Å². The normalized spacial score (nSPS) is 17.2. The van der Waals surface area contributed by atoms with Gasteiger partial charge in [-0.3, -0.25) is 4.79 Å². The Morgan fingerprint density at radius 1 is 1.37 bits per heavy atom. The number of aromatic nitrogens is 2. The van der Waals surface area contributed by atoms with Gasteiger partial charge in [-0.05, 0) is 37.0 Å². The molecule has 0 saturated carbocycles. The van der Waals surface area contributed by atoms with E-state index in [2.05, 4.69) is 9.97 Å². The van der Waals surface area contributed by atoms with Crippen molar-refractivity contribution < 1.29 is 13.9 Å². The topological polar surface area (TPSA) is 81.3 Å². The fraction of sp³-hybridized carbons (Fsp3) is 0.450. The molecule has 7 heteroatoms. The standard InChI is InChI=1S/C20H25FN4O2/c1-13(2)16-10-17(24-20(22)23-16)19(26)25-9-5-6-14(11-25)12-27-18-8-4-3-7-15(18)21/h3-4,7-8,10,13-14H,5-6,9,11-12H2,1-2H3,(H2,22,23,24)/t14-/m1/s1. The fourth-order valence-electron chi connectivity index (χ4n) is 3.21. The summed E-state index contributed by atoms with van der Waals surface area (Å²) in [7, 11) is 0. The molecular formula is C20H25FN4O2. The zero-order valence-electron chi connectivity index (χ0n) is 15.7. The SMILES string of the molecule is CC(C)c1cc(C(=O)N2CCC[C@@H](COc3ccccc3F)C2)nc(N)n1. The summed E-state index contributed by atoms with van der Waals surface area (Å²) in [4.78, 5) is 23.0. The third kappa shape index (κ3) is 4.72. The summed E-state index contributed by atoms with van der Waals surface area (Å²) in [5, 5.41) is 0. The zero-order chi connectivity index (χ0) is 19.4. The molecular weight excluding hydrogens is 347 g/mol. The smallest absolute Gasteiger partial charge is 0.272 e. The highest BCUT2D eigenvalue weighted by molar-refractivity contribution is 5.92. The second-order valence-corrected chi connectivity index (χ2v) is 7.19. The van der Waals surface area contributed by atoms with E-state index in [1.165, 1.54) is 6.07 Å². The molecule has 1 aliphatic rings. The maximum Gasteiger partial charge on any atom is 0.272 e. The van der Waals surface area contributed by atoms with Crippen molar-refractivity contribution in [3.05, 3.63) is 47.5 Å². The van der Waals surface area contributed by atoms with Gasteiger partial charge in [0.2, 0.25) is 5.95 Å². The third-order valence-corrected chi connectivity index (χ3v) is 4.69. The fourth-order valence-corrected chi connectivity index (χ4v) is 3.21. The summed E-state index contributed by atoms with van der Waals surface area (Å²) in [6.45, 7) is 5.57. The van der Waals surface area contributed by atoms with Crippen molar-refractivity contribution in [1.82, 2.24) is 14.9 Å². The van der Waals surface area contributed by atoms with Crippen LogP contribution in [0.2, 0.25) is 0 Å². The van der Waals surface area contributed by atoms with Crippen LogP contribution in [0.1, 0.15) is 48.8 Å². The number of likely N-dealkylation sites (tertiary alicyclic amines) is 1. The maximum atomic E-state index is 13.7. The van der Waals surface area contributed by atoms with Crippen LogP contribution in [0.25, 0.3) is 0 Å². The molecule has 1 aromatic heterocycles. The number of ether oxygens (including phenoxy) is 1. The van der Waals surface area contributed by atoms with Gasteiger partial charge in [-0.2, -0.15) is 0 Å². The van der Waals surface area contributed by atoms with Gasteiger partial charge in [0, 0.05) is 24.7 Å². The van der Waals surface area contributed by atoms with Crippen molar-refractivity contribution >= 4 is 11.9 Å². The highest BCUT2D eigenvalue weighted by Crippen LogP contribution is 2.22. The van der Waals surface area contributed by atoms with Crippen molar-refractivity contribution in [3.63, 3.8) is 0 Å². The van der Waals surface area contributed by atoms with E-state index in [1.54, 1.807) is 29.2 Å². The highest BCUT2D eigenvalue weighted by Gasteiger charge is 2.26.